The average Bonchev–Trinajstić information content (AvgIpc) is 3.79. The maximum Gasteiger partial charge on any atom is 0.416 e. The minimum atomic E-state index is -4.44. The van der Waals surface area contributed by atoms with Crippen LogP contribution in [0, 0.1) is 0 Å². The van der Waals surface area contributed by atoms with Crippen LogP contribution in [0.2, 0.25) is 39.3 Å². The van der Waals surface area contributed by atoms with Gasteiger partial charge in [-0.2, -0.15) is 26.3 Å². The predicted molar refractivity (Wildman–Crippen MR) is 303 cm³/mol. The number of fused-ring (bicyclic) bond motifs is 1. The van der Waals surface area contributed by atoms with Crippen molar-refractivity contribution in [3.05, 3.63) is 230 Å². The quantitative estimate of drug-likeness (QED) is 0.0900. The Kier molecular flexibility index (Phi) is 13.3. The molecule has 0 unspecified atom stereocenters. The minimum Gasteiger partial charge on any atom is -0.311 e. The fraction of sp³-hybridized carbons (Fsp3) is 0.127. The third-order valence-electron chi connectivity index (χ3n) is 13.6. The van der Waals surface area contributed by atoms with Crippen LogP contribution in [-0.4, -0.2) is 25.7 Å². The van der Waals surface area contributed by atoms with Gasteiger partial charge in [0.05, 0.1) is 38.3 Å². The van der Waals surface area contributed by atoms with Crippen LogP contribution in [0.1, 0.15) is 11.1 Å². The van der Waals surface area contributed by atoms with Crippen LogP contribution < -0.4 is 20.2 Å². The van der Waals surface area contributed by atoms with Gasteiger partial charge in [-0.05, 0) is 144 Å². The molecule has 1 heterocycles. The summed E-state index contributed by atoms with van der Waals surface area (Å²) in [5, 5.41) is 2.58. The van der Waals surface area contributed by atoms with Gasteiger partial charge in [0.15, 0.2) is 0 Å². The lowest BCUT2D eigenvalue weighted by Crippen LogP contribution is -2.37. The molecule has 0 atom stereocenters. The highest BCUT2D eigenvalue weighted by molar-refractivity contribution is 6.89. The zero-order chi connectivity index (χ0) is 52.9. The molecule has 0 aliphatic heterocycles. The summed E-state index contributed by atoms with van der Waals surface area (Å²) in [6.45, 7) is 13.7. The summed E-state index contributed by atoms with van der Waals surface area (Å²) in [5.41, 5.74) is 10.8. The molecule has 0 saturated carbocycles. The molecule has 0 bridgehead atoms. The third-order valence-corrected chi connectivity index (χ3v) is 17.8. The van der Waals surface area contributed by atoms with E-state index in [-0.39, 0.29) is 0 Å². The van der Waals surface area contributed by atoms with Crippen molar-refractivity contribution in [2.75, 3.05) is 9.80 Å². The fourth-order valence-corrected chi connectivity index (χ4v) is 11.7. The van der Waals surface area contributed by atoms with Crippen molar-refractivity contribution in [3.63, 3.8) is 0 Å². The smallest absolute Gasteiger partial charge is 0.311 e. The normalized spacial score (nSPS) is 12.3. The lowest BCUT2D eigenvalue weighted by Gasteiger charge is -2.27. The molecule has 75 heavy (non-hydrogen) atoms. The fourth-order valence-electron chi connectivity index (χ4n) is 9.42. The number of benzene rings is 9. The molecule has 0 amide bonds. The summed E-state index contributed by atoms with van der Waals surface area (Å²) >= 11 is 0. The molecule has 1 aromatic heterocycles. The molecule has 0 saturated heterocycles. The molecule has 0 spiro atoms. The Morgan fingerprint density at radius 1 is 0.347 bits per heavy atom. The molecule has 10 rings (SSSR count). The summed E-state index contributed by atoms with van der Waals surface area (Å²) in [6.07, 6.45) is -8.87. The van der Waals surface area contributed by atoms with Gasteiger partial charge < -0.3 is 9.80 Å². The summed E-state index contributed by atoms with van der Waals surface area (Å²) in [6, 6.07) is 68.0. The van der Waals surface area contributed by atoms with Crippen LogP contribution in [0.25, 0.3) is 50.4 Å². The Labute approximate surface area is 435 Å². The van der Waals surface area contributed by atoms with Crippen molar-refractivity contribution in [2.24, 2.45) is 0 Å². The molecular formula is C63H54F6N4Si2. The number of alkyl halides is 6. The monoisotopic (exact) mass is 1040 g/mol. The molecule has 376 valence electrons. The van der Waals surface area contributed by atoms with Gasteiger partial charge in [0, 0.05) is 45.4 Å². The van der Waals surface area contributed by atoms with E-state index >= 15 is 0 Å². The molecule has 12 heteroatoms. The van der Waals surface area contributed by atoms with Gasteiger partial charge in [0.25, 0.3) is 0 Å². The lowest BCUT2D eigenvalue weighted by molar-refractivity contribution is -0.138. The van der Waals surface area contributed by atoms with E-state index in [1.807, 2.05) is 101 Å². The molecule has 0 N–H and O–H groups in total. The third kappa shape index (κ3) is 10.7. The zero-order valence-electron chi connectivity index (χ0n) is 42.3. The number of nitrogens with zero attached hydrogens (tertiary/aromatic N) is 4. The zero-order valence-corrected chi connectivity index (χ0v) is 44.3. The number of halogens is 6. The first-order valence-corrected chi connectivity index (χ1v) is 31.7. The van der Waals surface area contributed by atoms with Gasteiger partial charge in [-0.25, -0.2) is 4.98 Å². The number of imidazole rings is 1. The molecule has 4 nitrogen and oxygen atoms in total. The number of anilines is 6. The maximum absolute atomic E-state index is 13.6. The summed E-state index contributed by atoms with van der Waals surface area (Å²) in [4.78, 5) is 9.07. The Balaban J connectivity index is 0.917. The van der Waals surface area contributed by atoms with Crippen LogP contribution in [0.5, 0.6) is 0 Å². The van der Waals surface area contributed by atoms with E-state index in [1.54, 1.807) is 0 Å². The lowest BCUT2D eigenvalue weighted by atomic mass is 10.0. The van der Waals surface area contributed by atoms with E-state index in [2.05, 4.69) is 123 Å². The minimum absolute atomic E-state index is 0.621. The standard InChI is InChI=1S/C63H54F6N4Si2/c1-74(2,3)57-39-35-54(36-40-57)71(52-31-21-48(22-32-52)62(64,65)66)50-25-15-44(16-26-50)43-11-13-47(14-12-43)61-70-59-9-7-8-10-60(59)73(61)56-29-19-46(20-30-56)45-17-27-51(28-18-45)72(53-33-23-49(24-34-53)63(67,68)69)55-37-41-58(42-38-55)75(4,5)6/h7-42H,1-6H3. The van der Waals surface area contributed by atoms with Crippen molar-refractivity contribution in [1.82, 2.24) is 9.55 Å². The van der Waals surface area contributed by atoms with E-state index in [1.165, 1.54) is 34.6 Å². The molecule has 10 aromatic rings. The summed E-state index contributed by atoms with van der Waals surface area (Å²) in [7, 11) is -3.18. The second-order valence-electron chi connectivity index (χ2n) is 20.8. The Bertz CT molecular complexity index is 3460. The Morgan fingerprint density at radius 2 is 0.640 bits per heavy atom. The van der Waals surface area contributed by atoms with Gasteiger partial charge in [-0.15, -0.1) is 0 Å². The van der Waals surface area contributed by atoms with Crippen molar-refractivity contribution < 1.29 is 26.3 Å². The van der Waals surface area contributed by atoms with E-state index in [9.17, 15) is 26.3 Å². The van der Waals surface area contributed by atoms with Crippen molar-refractivity contribution in [1.29, 1.82) is 0 Å². The van der Waals surface area contributed by atoms with E-state index in [4.69, 9.17) is 4.98 Å². The SMILES string of the molecule is C[Si](C)(C)c1ccc(N(c2ccc(-c3ccc(-c4nc5ccccc5n4-c4ccc(-c5ccc(N(c6ccc(C(F)(F)F)cc6)c6ccc([Si](C)(C)C)cc6)cc5)cc4)cc3)cc2)c2ccc(C(F)(F)F)cc2)cc1. The molecule has 0 aliphatic carbocycles. The van der Waals surface area contributed by atoms with Gasteiger partial charge in [-0.3, -0.25) is 4.57 Å². The van der Waals surface area contributed by atoms with Gasteiger partial charge in [0.1, 0.15) is 5.82 Å². The number of rotatable bonds is 12. The average molecular weight is 1040 g/mol. The highest BCUT2D eigenvalue weighted by Gasteiger charge is 2.32. The number of hydrogen-bond donors (Lipinski definition) is 0. The topological polar surface area (TPSA) is 24.3 Å². The Morgan fingerprint density at radius 3 is 0.987 bits per heavy atom. The Hall–Kier alpha value is -7.94. The maximum atomic E-state index is 13.6. The van der Waals surface area contributed by atoms with Crippen LogP contribution in [0.15, 0.2) is 218 Å². The van der Waals surface area contributed by atoms with Crippen LogP contribution in [0.3, 0.4) is 0 Å². The van der Waals surface area contributed by atoms with Gasteiger partial charge in [0.2, 0.25) is 0 Å². The first-order valence-electron chi connectivity index (χ1n) is 24.7. The largest absolute Gasteiger partial charge is 0.416 e. The number of para-hydroxylation sites is 2. The second kappa shape index (κ2) is 19.7. The van der Waals surface area contributed by atoms with Crippen molar-refractivity contribution in [2.45, 2.75) is 51.6 Å². The van der Waals surface area contributed by atoms with Crippen molar-refractivity contribution >= 4 is 71.7 Å². The number of aromatic nitrogens is 2. The molecule has 0 fully saturated rings. The summed E-state index contributed by atoms with van der Waals surface area (Å²) < 4.78 is 83.7. The van der Waals surface area contributed by atoms with Crippen LogP contribution in [-0.2, 0) is 12.4 Å². The molecule has 9 aromatic carbocycles. The van der Waals surface area contributed by atoms with Crippen molar-refractivity contribution in [3.8, 4) is 39.3 Å². The molecular weight excluding hydrogens is 983 g/mol. The van der Waals surface area contributed by atoms with E-state index < -0.39 is 39.6 Å². The molecule has 0 aliphatic rings. The number of hydrogen-bond acceptors (Lipinski definition) is 3. The van der Waals surface area contributed by atoms with Gasteiger partial charge >= 0.3 is 12.4 Å². The first-order chi connectivity index (χ1) is 35.7. The van der Waals surface area contributed by atoms with E-state index in [0.717, 1.165) is 97.4 Å². The highest BCUT2D eigenvalue weighted by Crippen LogP contribution is 2.41. The van der Waals surface area contributed by atoms with Crippen LogP contribution in [0.4, 0.5) is 60.5 Å². The summed E-state index contributed by atoms with van der Waals surface area (Å²) in [5.74, 6) is 0.781. The van der Waals surface area contributed by atoms with Gasteiger partial charge in [-0.1, -0.05) is 147 Å². The first kappa shape index (κ1) is 50.6. The van der Waals surface area contributed by atoms with Crippen LogP contribution >= 0.6 is 0 Å². The second-order valence-corrected chi connectivity index (χ2v) is 31.0. The molecule has 0 radical (unpaired) electrons. The predicted octanol–water partition coefficient (Wildman–Crippen LogP) is 18.1. The van der Waals surface area contributed by atoms with E-state index in [0.29, 0.717) is 11.4 Å². The highest BCUT2D eigenvalue weighted by atomic mass is 28.3.